The van der Waals surface area contributed by atoms with Gasteiger partial charge >= 0.3 is 0 Å². The van der Waals surface area contributed by atoms with Crippen LogP contribution in [-0.4, -0.2) is 28.0 Å². The van der Waals surface area contributed by atoms with Gasteiger partial charge in [-0.2, -0.15) is 0 Å². The van der Waals surface area contributed by atoms with E-state index >= 15 is 0 Å². The lowest BCUT2D eigenvalue weighted by atomic mass is 10.1. The molecule has 0 saturated heterocycles. The molecule has 4 aromatic carbocycles. The second-order valence-corrected chi connectivity index (χ2v) is 9.00. The van der Waals surface area contributed by atoms with Gasteiger partial charge in [-0.3, -0.25) is 9.52 Å². The van der Waals surface area contributed by atoms with Crippen LogP contribution in [0, 0.1) is 5.82 Å². The minimum atomic E-state index is -4.01. The smallest absolute Gasteiger partial charge is 0.262 e. The van der Waals surface area contributed by atoms with Gasteiger partial charge in [0.05, 0.1) is 17.7 Å². The number of amides is 1. The summed E-state index contributed by atoms with van der Waals surface area (Å²) in [6, 6.07) is 22.3. The van der Waals surface area contributed by atoms with Gasteiger partial charge in [-0.1, -0.05) is 30.3 Å². The number of carbonyl (C=O) groups is 1. The molecule has 4 rings (SSSR count). The third-order valence-corrected chi connectivity index (χ3v) is 6.32. The number of ether oxygens (including phenoxy) is 2. The zero-order valence-electron chi connectivity index (χ0n) is 18.1. The van der Waals surface area contributed by atoms with E-state index in [0.29, 0.717) is 11.4 Å². The van der Waals surface area contributed by atoms with Crippen LogP contribution < -0.4 is 19.5 Å². The molecular weight excluding hydrogens is 459 g/mol. The Labute approximate surface area is 196 Å². The number of anilines is 2. The van der Waals surface area contributed by atoms with E-state index in [1.807, 2.05) is 36.4 Å². The maximum atomic E-state index is 13.1. The summed E-state index contributed by atoms with van der Waals surface area (Å²) in [5.74, 6) is -0.176. The predicted octanol–water partition coefficient (Wildman–Crippen LogP) is 4.81. The predicted molar refractivity (Wildman–Crippen MR) is 128 cm³/mol. The van der Waals surface area contributed by atoms with Crippen LogP contribution in [0.1, 0.15) is 0 Å². The number of carbonyl (C=O) groups excluding carboxylic acids is 1. The van der Waals surface area contributed by atoms with Crippen LogP contribution in [0.4, 0.5) is 15.8 Å². The molecule has 0 unspecified atom stereocenters. The van der Waals surface area contributed by atoms with E-state index in [9.17, 15) is 17.6 Å². The first-order valence-corrected chi connectivity index (χ1v) is 11.7. The molecule has 0 spiro atoms. The van der Waals surface area contributed by atoms with E-state index in [1.165, 1.54) is 19.2 Å². The van der Waals surface area contributed by atoms with Crippen molar-refractivity contribution in [3.8, 4) is 11.5 Å². The Morgan fingerprint density at radius 1 is 0.912 bits per heavy atom. The van der Waals surface area contributed by atoms with Crippen molar-refractivity contribution in [2.75, 3.05) is 23.8 Å². The molecule has 0 aliphatic carbocycles. The fraction of sp³-hybridized carbons (Fsp3) is 0.0800. The number of sulfonamides is 1. The van der Waals surface area contributed by atoms with Gasteiger partial charge in [-0.25, -0.2) is 12.8 Å². The highest BCUT2D eigenvalue weighted by molar-refractivity contribution is 7.92. The number of halogens is 1. The number of benzene rings is 4. The van der Waals surface area contributed by atoms with Gasteiger partial charge in [0.15, 0.2) is 6.61 Å². The summed E-state index contributed by atoms with van der Waals surface area (Å²) in [6.07, 6.45) is 0. The molecular formula is C25H21FN2O5S. The monoisotopic (exact) mass is 480 g/mol. The fourth-order valence-corrected chi connectivity index (χ4v) is 4.35. The third-order valence-electron chi connectivity index (χ3n) is 4.94. The Morgan fingerprint density at radius 2 is 1.65 bits per heavy atom. The minimum absolute atomic E-state index is 0.111. The van der Waals surface area contributed by atoms with Crippen LogP contribution in [-0.2, 0) is 14.8 Å². The van der Waals surface area contributed by atoms with Crippen molar-refractivity contribution in [2.24, 2.45) is 0 Å². The maximum absolute atomic E-state index is 13.1. The molecule has 0 heterocycles. The molecule has 0 saturated carbocycles. The topological polar surface area (TPSA) is 93.7 Å². The molecule has 0 aliphatic heterocycles. The summed E-state index contributed by atoms with van der Waals surface area (Å²) in [7, 11) is -2.62. The van der Waals surface area contributed by atoms with Gasteiger partial charge in [0.25, 0.3) is 15.9 Å². The van der Waals surface area contributed by atoms with Gasteiger partial charge in [0, 0.05) is 5.69 Å². The molecule has 0 aliphatic rings. The highest BCUT2D eigenvalue weighted by Gasteiger charge is 2.17. The Hall–Kier alpha value is -4.11. The highest BCUT2D eigenvalue weighted by atomic mass is 32.2. The number of methoxy groups -OCH3 is 1. The molecule has 34 heavy (non-hydrogen) atoms. The molecule has 0 aromatic heterocycles. The summed E-state index contributed by atoms with van der Waals surface area (Å²) in [5, 5.41) is 4.73. The average molecular weight is 481 g/mol. The zero-order chi connectivity index (χ0) is 24.1. The Bertz CT molecular complexity index is 1440. The molecule has 4 aromatic rings. The summed E-state index contributed by atoms with van der Waals surface area (Å²) in [6.45, 7) is -0.235. The first-order valence-electron chi connectivity index (χ1n) is 10.2. The maximum Gasteiger partial charge on any atom is 0.262 e. The Morgan fingerprint density at radius 3 is 2.38 bits per heavy atom. The van der Waals surface area contributed by atoms with Gasteiger partial charge in [-0.15, -0.1) is 0 Å². The van der Waals surface area contributed by atoms with Crippen molar-refractivity contribution < 1.29 is 27.1 Å². The second kappa shape index (κ2) is 9.80. The lowest BCUT2D eigenvalue weighted by molar-refractivity contribution is -0.118. The van der Waals surface area contributed by atoms with E-state index in [2.05, 4.69) is 10.0 Å². The second-order valence-electron chi connectivity index (χ2n) is 7.32. The molecule has 2 N–H and O–H groups in total. The SMILES string of the molecule is COc1ccc(NC(=O)COc2ccc3ccccc3c2)cc1NS(=O)(=O)c1ccc(F)cc1. The van der Waals surface area contributed by atoms with Crippen molar-refractivity contribution in [3.63, 3.8) is 0 Å². The number of hydrogen-bond acceptors (Lipinski definition) is 5. The Kier molecular flexibility index (Phi) is 6.65. The quantitative estimate of drug-likeness (QED) is 0.378. The van der Waals surface area contributed by atoms with Crippen LogP contribution in [0.15, 0.2) is 89.8 Å². The van der Waals surface area contributed by atoms with Gasteiger partial charge < -0.3 is 14.8 Å². The van der Waals surface area contributed by atoms with Crippen LogP contribution in [0.25, 0.3) is 10.8 Å². The molecule has 7 nitrogen and oxygen atoms in total. The molecule has 9 heteroatoms. The van der Waals surface area contributed by atoms with Crippen LogP contribution >= 0.6 is 0 Å². The van der Waals surface area contributed by atoms with Crippen molar-refractivity contribution in [2.45, 2.75) is 4.90 Å². The zero-order valence-corrected chi connectivity index (χ0v) is 18.9. The summed E-state index contributed by atoms with van der Waals surface area (Å²) in [4.78, 5) is 12.3. The lowest BCUT2D eigenvalue weighted by Gasteiger charge is -2.14. The van der Waals surface area contributed by atoms with E-state index in [1.54, 1.807) is 12.1 Å². The van der Waals surface area contributed by atoms with Crippen LogP contribution in [0.5, 0.6) is 11.5 Å². The molecule has 0 fully saturated rings. The van der Waals surface area contributed by atoms with Crippen molar-refractivity contribution in [1.82, 2.24) is 0 Å². The van der Waals surface area contributed by atoms with Gasteiger partial charge in [0.1, 0.15) is 17.3 Å². The standard InChI is InChI=1S/C25H21FN2O5S/c1-32-24-13-9-20(15-23(24)28-34(30,31)22-11-7-19(26)8-12-22)27-25(29)16-33-21-10-6-17-4-2-3-5-18(17)14-21/h2-15,28H,16H2,1H3,(H,27,29). The number of rotatable bonds is 8. The van der Waals surface area contributed by atoms with E-state index in [0.717, 1.165) is 35.0 Å². The van der Waals surface area contributed by atoms with E-state index < -0.39 is 21.7 Å². The molecule has 0 atom stereocenters. The van der Waals surface area contributed by atoms with E-state index in [-0.39, 0.29) is 22.9 Å². The third kappa shape index (κ3) is 5.44. The van der Waals surface area contributed by atoms with Crippen molar-refractivity contribution >= 4 is 38.1 Å². The first kappa shape index (κ1) is 23.1. The van der Waals surface area contributed by atoms with E-state index in [4.69, 9.17) is 9.47 Å². The van der Waals surface area contributed by atoms with Crippen LogP contribution in [0.2, 0.25) is 0 Å². The number of fused-ring (bicyclic) bond motifs is 1. The molecule has 174 valence electrons. The summed E-state index contributed by atoms with van der Waals surface area (Å²) >= 11 is 0. The van der Waals surface area contributed by atoms with Crippen LogP contribution in [0.3, 0.4) is 0 Å². The summed E-state index contributed by atoms with van der Waals surface area (Å²) < 4.78 is 51.7. The van der Waals surface area contributed by atoms with Gasteiger partial charge in [-0.05, 0) is 65.4 Å². The first-order chi connectivity index (χ1) is 16.3. The number of hydrogen-bond donors (Lipinski definition) is 2. The largest absolute Gasteiger partial charge is 0.495 e. The van der Waals surface area contributed by atoms with Crippen molar-refractivity contribution in [1.29, 1.82) is 0 Å². The highest BCUT2D eigenvalue weighted by Crippen LogP contribution is 2.30. The molecule has 0 bridgehead atoms. The minimum Gasteiger partial charge on any atom is -0.495 e. The summed E-state index contributed by atoms with van der Waals surface area (Å²) in [5.41, 5.74) is 0.449. The Balaban J connectivity index is 1.45. The average Bonchev–Trinajstić information content (AvgIpc) is 2.83. The molecule has 1 amide bonds. The molecule has 0 radical (unpaired) electrons. The number of nitrogens with one attached hydrogen (secondary N) is 2. The fourth-order valence-electron chi connectivity index (χ4n) is 3.29. The van der Waals surface area contributed by atoms with Crippen molar-refractivity contribution in [3.05, 3.63) is 90.7 Å². The lowest BCUT2D eigenvalue weighted by Crippen LogP contribution is -2.20. The van der Waals surface area contributed by atoms with Gasteiger partial charge in [0.2, 0.25) is 0 Å². The normalized spacial score (nSPS) is 11.1.